The fourth-order valence-electron chi connectivity index (χ4n) is 3.39. The van der Waals surface area contributed by atoms with Gasteiger partial charge in [-0.05, 0) is 36.2 Å². The van der Waals surface area contributed by atoms with Crippen LogP contribution in [-0.2, 0) is 6.54 Å². The largest absolute Gasteiger partial charge is 0.294 e. The molecule has 0 amide bonds. The normalized spacial score (nSPS) is 10.9. The summed E-state index contributed by atoms with van der Waals surface area (Å²) in [6.07, 6.45) is 4.14. The first-order valence-electron chi connectivity index (χ1n) is 10.5. The number of carbonyl (C=O) groups is 1. The molecule has 0 saturated heterocycles. The first-order chi connectivity index (χ1) is 16.4. The third kappa shape index (κ3) is 4.93. The molecule has 0 aliphatic carbocycles. The lowest BCUT2D eigenvalue weighted by Crippen LogP contribution is -2.22. The Morgan fingerprint density at radius 3 is 2.32 bits per heavy atom. The number of nitrogens with zero attached hydrogens (tertiary/aromatic N) is 4. The summed E-state index contributed by atoms with van der Waals surface area (Å²) in [5.41, 5.74) is 1.53. The van der Waals surface area contributed by atoms with Crippen LogP contribution < -0.4 is 5.56 Å². The summed E-state index contributed by atoms with van der Waals surface area (Å²) in [6, 6.07) is 11.3. The van der Waals surface area contributed by atoms with Gasteiger partial charge < -0.3 is 0 Å². The lowest BCUT2D eigenvalue weighted by atomic mass is 10.1. The molecule has 0 bridgehead atoms. The summed E-state index contributed by atoms with van der Waals surface area (Å²) in [7, 11) is 0. The van der Waals surface area contributed by atoms with Crippen molar-refractivity contribution in [3.8, 4) is 22.6 Å². The molecule has 0 saturated carbocycles. The number of rotatable bonds is 7. The predicted molar refractivity (Wildman–Crippen MR) is 120 cm³/mol. The van der Waals surface area contributed by atoms with E-state index in [0.717, 1.165) is 23.2 Å². The standard InChI is InChI=1S/C25H19F3N4O2/c1-2-4-22(33)18-12-29-25(30-13-18)16-6-3-5-15(9-16)14-32-23(34)8-7-21(31-32)17-10-19(26)24(28)20(27)11-17/h3,5-13H,2,4,14H2,1H3. The molecular formula is C25H19F3N4O2. The second-order valence-corrected chi connectivity index (χ2v) is 7.64. The molecular weight excluding hydrogens is 445 g/mol. The molecule has 9 heteroatoms. The summed E-state index contributed by atoms with van der Waals surface area (Å²) in [5.74, 6) is -3.86. The number of carbonyl (C=O) groups excluding carboxylic acids is 1. The number of ketones is 1. The van der Waals surface area contributed by atoms with Gasteiger partial charge in [-0.1, -0.05) is 25.1 Å². The first kappa shape index (κ1) is 23.0. The number of hydrogen-bond acceptors (Lipinski definition) is 5. The molecule has 4 aromatic rings. The molecule has 0 unspecified atom stereocenters. The molecule has 2 heterocycles. The molecule has 0 atom stereocenters. The zero-order valence-corrected chi connectivity index (χ0v) is 18.1. The number of Topliss-reactive ketones (excluding diaryl/α,β-unsaturated/α-hetero) is 1. The van der Waals surface area contributed by atoms with Crippen LogP contribution in [0, 0.1) is 17.5 Å². The van der Waals surface area contributed by atoms with E-state index in [2.05, 4.69) is 15.1 Å². The monoisotopic (exact) mass is 464 g/mol. The maximum Gasteiger partial charge on any atom is 0.267 e. The molecule has 0 spiro atoms. The fraction of sp³-hybridized carbons (Fsp3) is 0.160. The van der Waals surface area contributed by atoms with Gasteiger partial charge in [-0.3, -0.25) is 9.59 Å². The summed E-state index contributed by atoms with van der Waals surface area (Å²) in [5, 5.41) is 4.18. The summed E-state index contributed by atoms with van der Waals surface area (Å²) in [4.78, 5) is 32.9. The Kier molecular flexibility index (Phi) is 6.62. The van der Waals surface area contributed by atoms with Gasteiger partial charge in [0, 0.05) is 36.0 Å². The second-order valence-electron chi connectivity index (χ2n) is 7.64. The molecule has 2 aromatic carbocycles. The Morgan fingerprint density at radius 2 is 1.65 bits per heavy atom. The van der Waals surface area contributed by atoms with E-state index in [0.29, 0.717) is 28.9 Å². The Labute approximate surface area is 192 Å². The Hall–Kier alpha value is -4.14. The van der Waals surface area contributed by atoms with Crippen LogP contribution in [0.3, 0.4) is 0 Å². The van der Waals surface area contributed by atoms with Crippen molar-refractivity contribution in [2.45, 2.75) is 26.3 Å². The van der Waals surface area contributed by atoms with Crippen molar-refractivity contribution in [1.29, 1.82) is 0 Å². The molecule has 0 aliphatic heterocycles. The minimum Gasteiger partial charge on any atom is -0.294 e. The Morgan fingerprint density at radius 1 is 0.941 bits per heavy atom. The van der Waals surface area contributed by atoms with E-state index >= 15 is 0 Å². The molecule has 4 rings (SSSR count). The highest BCUT2D eigenvalue weighted by Crippen LogP contribution is 2.22. The van der Waals surface area contributed by atoms with Crippen molar-refractivity contribution in [3.63, 3.8) is 0 Å². The van der Waals surface area contributed by atoms with Crippen molar-refractivity contribution in [2.24, 2.45) is 0 Å². The van der Waals surface area contributed by atoms with Gasteiger partial charge in [-0.2, -0.15) is 5.10 Å². The van der Waals surface area contributed by atoms with Crippen LogP contribution in [0.4, 0.5) is 13.2 Å². The average Bonchev–Trinajstić information content (AvgIpc) is 2.84. The topological polar surface area (TPSA) is 77.7 Å². The first-order valence-corrected chi connectivity index (χ1v) is 10.5. The predicted octanol–water partition coefficient (Wildman–Crippen LogP) is 4.82. The van der Waals surface area contributed by atoms with Crippen LogP contribution in [0.5, 0.6) is 0 Å². The summed E-state index contributed by atoms with van der Waals surface area (Å²) in [6.45, 7) is 1.99. The lowest BCUT2D eigenvalue weighted by molar-refractivity contribution is 0.0981. The third-order valence-corrected chi connectivity index (χ3v) is 5.11. The van der Waals surface area contributed by atoms with E-state index in [9.17, 15) is 22.8 Å². The van der Waals surface area contributed by atoms with E-state index in [1.165, 1.54) is 24.5 Å². The van der Waals surface area contributed by atoms with E-state index in [1.807, 2.05) is 6.92 Å². The van der Waals surface area contributed by atoms with Crippen LogP contribution in [0.25, 0.3) is 22.6 Å². The van der Waals surface area contributed by atoms with Gasteiger partial charge in [-0.25, -0.2) is 27.8 Å². The van der Waals surface area contributed by atoms with Crippen molar-refractivity contribution in [3.05, 3.63) is 99.9 Å². The van der Waals surface area contributed by atoms with Gasteiger partial charge in [0.2, 0.25) is 0 Å². The van der Waals surface area contributed by atoms with E-state index in [-0.39, 0.29) is 23.6 Å². The molecule has 2 aromatic heterocycles. The van der Waals surface area contributed by atoms with Crippen molar-refractivity contribution in [1.82, 2.24) is 19.7 Å². The van der Waals surface area contributed by atoms with Crippen molar-refractivity contribution < 1.29 is 18.0 Å². The van der Waals surface area contributed by atoms with Crippen LogP contribution in [-0.4, -0.2) is 25.5 Å². The molecule has 0 aliphatic rings. The van der Waals surface area contributed by atoms with Crippen molar-refractivity contribution in [2.75, 3.05) is 0 Å². The Balaban J connectivity index is 1.61. The molecule has 0 radical (unpaired) electrons. The van der Waals surface area contributed by atoms with E-state index in [1.54, 1.807) is 24.3 Å². The smallest absolute Gasteiger partial charge is 0.267 e. The average molecular weight is 464 g/mol. The molecule has 34 heavy (non-hydrogen) atoms. The quantitative estimate of drug-likeness (QED) is 0.290. The molecule has 172 valence electrons. The zero-order valence-electron chi connectivity index (χ0n) is 18.1. The van der Waals surface area contributed by atoms with Gasteiger partial charge in [-0.15, -0.1) is 0 Å². The van der Waals surface area contributed by atoms with Gasteiger partial charge in [0.25, 0.3) is 5.56 Å². The summed E-state index contributed by atoms with van der Waals surface area (Å²) < 4.78 is 41.7. The fourth-order valence-corrected chi connectivity index (χ4v) is 3.39. The maximum atomic E-state index is 13.6. The van der Waals surface area contributed by atoms with Crippen molar-refractivity contribution >= 4 is 5.78 Å². The van der Waals surface area contributed by atoms with Gasteiger partial charge in [0.1, 0.15) is 0 Å². The molecule has 6 nitrogen and oxygen atoms in total. The van der Waals surface area contributed by atoms with Gasteiger partial charge >= 0.3 is 0 Å². The number of benzene rings is 2. The Bertz CT molecular complexity index is 1400. The number of hydrogen-bond donors (Lipinski definition) is 0. The van der Waals surface area contributed by atoms with Crippen LogP contribution in [0.2, 0.25) is 0 Å². The van der Waals surface area contributed by atoms with E-state index < -0.39 is 23.0 Å². The van der Waals surface area contributed by atoms with Crippen LogP contribution in [0.15, 0.2) is 65.7 Å². The minimum atomic E-state index is -1.57. The SMILES string of the molecule is CCCC(=O)c1cnc(-c2cccc(Cn3nc(-c4cc(F)c(F)c(F)c4)ccc3=O)c2)nc1. The number of aromatic nitrogens is 4. The molecule has 0 N–H and O–H groups in total. The highest BCUT2D eigenvalue weighted by atomic mass is 19.2. The summed E-state index contributed by atoms with van der Waals surface area (Å²) >= 11 is 0. The minimum absolute atomic E-state index is 0.00464. The molecule has 0 fully saturated rings. The second kappa shape index (κ2) is 9.78. The third-order valence-electron chi connectivity index (χ3n) is 5.11. The lowest BCUT2D eigenvalue weighted by Gasteiger charge is -2.09. The van der Waals surface area contributed by atoms with Crippen LogP contribution >= 0.6 is 0 Å². The zero-order chi connectivity index (χ0) is 24.2. The van der Waals surface area contributed by atoms with Crippen LogP contribution in [0.1, 0.15) is 35.7 Å². The van der Waals surface area contributed by atoms with Gasteiger partial charge in [0.05, 0.1) is 17.8 Å². The highest BCUT2D eigenvalue weighted by Gasteiger charge is 2.14. The van der Waals surface area contributed by atoms with E-state index in [4.69, 9.17) is 0 Å². The highest BCUT2D eigenvalue weighted by molar-refractivity contribution is 5.95. The number of halogens is 3. The van der Waals surface area contributed by atoms with Gasteiger partial charge in [0.15, 0.2) is 29.1 Å². The maximum absolute atomic E-state index is 13.6.